The number of hydrogen-bond donors (Lipinski definition) is 0. The van der Waals surface area contributed by atoms with Gasteiger partial charge in [-0.05, 0) is 53.3 Å². The van der Waals surface area contributed by atoms with Crippen LogP contribution in [0.3, 0.4) is 0 Å². The molecule has 1 aromatic rings. The van der Waals surface area contributed by atoms with E-state index >= 15 is 0 Å². The number of methoxy groups -OCH3 is 1. The highest BCUT2D eigenvalue weighted by Gasteiger charge is 2.20. The Morgan fingerprint density at radius 2 is 2.17 bits per heavy atom. The second kappa shape index (κ2) is 8.13. The highest BCUT2D eigenvalue weighted by Crippen LogP contribution is 2.35. The molecule has 1 heterocycles. The third-order valence-corrected chi connectivity index (χ3v) is 3.72. The zero-order valence-corrected chi connectivity index (χ0v) is 15.6. The number of cyclic esters (lactones) is 1. The van der Waals surface area contributed by atoms with Gasteiger partial charge in [0.05, 0.1) is 17.3 Å². The number of nitrogens with zero attached hydrogens (tertiary/aromatic N) is 1. The van der Waals surface area contributed by atoms with E-state index in [9.17, 15) is 9.59 Å². The number of carbonyl (C=O) groups is 2. The van der Waals surface area contributed by atoms with Crippen molar-refractivity contribution in [3.8, 4) is 11.5 Å². The molecule has 128 valence electrons. The van der Waals surface area contributed by atoms with E-state index in [1.165, 1.54) is 7.11 Å². The van der Waals surface area contributed by atoms with Crippen molar-refractivity contribution in [1.29, 1.82) is 0 Å². The average molecular weight is 445 g/mol. The van der Waals surface area contributed by atoms with Crippen LogP contribution in [-0.4, -0.2) is 38.2 Å². The lowest BCUT2D eigenvalue weighted by Crippen LogP contribution is -2.15. The number of halogens is 1. The van der Waals surface area contributed by atoms with Crippen molar-refractivity contribution in [2.24, 2.45) is 4.99 Å². The van der Waals surface area contributed by atoms with E-state index in [1.54, 1.807) is 32.1 Å². The molecule has 0 amide bonds. The van der Waals surface area contributed by atoms with Gasteiger partial charge >= 0.3 is 11.9 Å². The predicted molar refractivity (Wildman–Crippen MR) is 95.0 cm³/mol. The fraction of sp³-hybridized carbons (Fsp3) is 0.312. The third kappa shape index (κ3) is 4.47. The molecule has 0 atom stereocenters. The Hall–Kier alpha value is -2.10. The number of ether oxygens (including phenoxy) is 4. The molecule has 0 aromatic heterocycles. The molecule has 24 heavy (non-hydrogen) atoms. The standard InChI is InChI=1S/C16H16INO6/c1-4-22-14(19)8-23-15-11(17)5-10(7-13(15)21-3)6-12-16(20)24-9(2)18-12/h5-7H,4,8H2,1-3H3/b12-6-. The van der Waals surface area contributed by atoms with Crippen molar-refractivity contribution in [2.45, 2.75) is 13.8 Å². The molecule has 0 spiro atoms. The summed E-state index contributed by atoms with van der Waals surface area (Å²) in [4.78, 5) is 27.1. The monoisotopic (exact) mass is 445 g/mol. The van der Waals surface area contributed by atoms with E-state index in [1.807, 2.05) is 0 Å². The summed E-state index contributed by atoms with van der Waals surface area (Å²) in [7, 11) is 1.49. The quantitative estimate of drug-likeness (QED) is 0.380. The molecule has 1 aliphatic heterocycles. The second-order valence-electron chi connectivity index (χ2n) is 4.68. The van der Waals surface area contributed by atoms with Gasteiger partial charge < -0.3 is 18.9 Å². The van der Waals surface area contributed by atoms with Gasteiger partial charge in [-0.1, -0.05) is 0 Å². The molecule has 0 aliphatic carbocycles. The fourth-order valence-corrected chi connectivity index (χ4v) is 2.75. The largest absolute Gasteiger partial charge is 0.493 e. The van der Waals surface area contributed by atoms with E-state index in [4.69, 9.17) is 18.9 Å². The molecule has 2 rings (SSSR count). The second-order valence-corrected chi connectivity index (χ2v) is 5.84. The first-order valence-electron chi connectivity index (χ1n) is 7.09. The Kier molecular flexibility index (Phi) is 6.18. The highest BCUT2D eigenvalue weighted by molar-refractivity contribution is 14.1. The number of benzene rings is 1. The molecule has 0 N–H and O–H groups in total. The topological polar surface area (TPSA) is 83.4 Å². The van der Waals surface area contributed by atoms with Crippen LogP contribution in [-0.2, 0) is 19.1 Å². The minimum absolute atomic E-state index is 0.212. The van der Waals surface area contributed by atoms with Crippen molar-refractivity contribution < 1.29 is 28.5 Å². The Morgan fingerprint density at radius 1 is 1.42 bits per heavy atom. The van der Waals surface area contributed by atoms with E-state index in [-0.39, 0.29) is 12.3 Å². The van der Waals surface area contributed by atoms with Crippen LogP contribution < -0.4 is 9.47 Å². The number of esters is 2. The normalized spacial score (nSPS) is 15.1. The summed E-state index contributed by atoms with van der Waals surface area (Å²) in [6.07, 6.45) is 1.60. The Balaban J connectivity index is 2.25. The van der Waals surface area contributed by atoms with Crippen molar-refractivity contribution >= 4 is 46.5 Å². The lowest BCUT2D eigenvalue weighted by molar-refractivity contribution is -0.145. The maximum absolute atomic E-state index is 11.6. The molecule has 0 bridgehead atoms. The molecule has 1 aromatic carbocycles. The summed E-state index contributed by atoms with van der Waals surface area (Å²) in [6, 6.07) is 3.47. The van der Waals surface area contributed by atoms with Gasteiger partial charge in [0.15, 0.2) is 29.7 Å². The van der Waals surface area contributed by atoms with Crippen LogP contribution in [0.4, 0.5) is 0 Å². The molecule has 0 saturated heterocycles. The molecular formula is C16H16INO6. The minimum atomic E-state index is -0.496. The molecule has 0 unspecified atom stereocenters. The number of hydrogen-bond acceptors (Lipinski definition) is 7. The van der Waals surface area contributed by atoms with Gasteiger partial charge in [-0.2, -0.15) is 0 Å². The van der Waals surface area contributed by atoms with Crippen LogP contribution in [0.15, 0.2) is 22.8 Å². The Labute approximate surface area is 152 Å². The van der Waals surface area contributed by atoms with Crippen LogP contribution in [0.5, 0.6) is 11.5 Å². The zero-order valence-electron chi connectivity index (χ0n) is 13.4. The van der Waals surface area contributed by atoms with Crippen molar-refractivity contribution in [2.75, 3.05) is 20.3 Å². The lowest BCUT2D eigenvalue weighted by Gasteiger charge is -2.13. The minimum Gasteiger partial charge on any atom is -0.493 e. The van der Waals surface area contributed by atoms with Crippen LogP contribution in [0.25, 0.3) is 6.08 Å². The van der Waals surface area contributed by atoms with Gasteiger partial charge in [0.2, 0.25) is 0 Å². The summed E-state index contributed by atoms with van der Waals surface area (Å²) < 4.78 is 21.2. The molecule has 0 fully saturated rings. The van der Waals surface area contributed by atoms with Gasteiger partial charge in [-0.3, -0.25) is 0 Å². The van der Waals surface area contributed by atoms with Crippen LogP contribution in [0.2, 0.25) is 0 Å². The average Bonchev–Trinajstić information content (AvgIpc) is 2.83. The van der Waals surface area contributed by atoms with E-state index < -0.39 is 11.9 Å². The maximum atomic E-state index is 11.6. The SMILES string of the molecule is CCOC(=O)COc1c(I)cc(/C=C2\N=C(C)OC2=O)cc1OC. The van der Waals surface area contributed by atoms with Gasteiger partial charge in [-0.15, -0.1) is 0 Å². The van der Waals surface area contributed by atoms with Crippen LogP contribution in [0, 0.1) is 3.57 Å². The predicted octanol–water partition coefficient (Wildman–Crippen LogP) is 2.56. The van der Waals surface area contributed by atoms with Gasteiger partial charge in [0.1, 0.15) is 0 Å². The van der Waals surface area contributed by atoms with Gasteiger partial charge in [0, 0.05) is 6.92 Å². The van der Waals surface area contributed by atoms with E-state index in [0.717, 1.165) is 3.57 Å². The highest BCUT2D eigenvalue weighted by atomic mass is 127. The van der Waals surface area contributed by atoms with Crippen LogP contribution >= 0.6 is 22.6 Å². The number of rotatable bonds is 6. The zero-order chi connectivity index (χ0) is 17.7. The Bertz CT molecular complexity index is 726. The molecule has 0 radical (unpaired) electrons. The summed E-state index contributed by atoms with van der Waals surface area (Å²) >= 11 is 2.06. The van der Waals surface area contributed by atoms with Crippen molar-refractivity contribution in [3.63, 3.8) is 0 Å². The lowest BCUT2D eigenvalue weighted by atomic mass is 10.1. The molecule has 1 aliphatic rings. The van der Waals surface area contributed by atoms with E-state index in [0.29, 0.717) is 29.6 Å². The molecular weight excluding hydrogens is 429 g/mol. The molecule has 7 nitrogen and oxygen atoms in total. The maximum Gasteiger partial charge on any atom is 0.363 e. The molecule has 0 saturated carbocycles. The van der Waals surface area contributed by atoms with E-state index in [2.05, 4.69) is 27.6 Å². The van der Waals surface area contributed by atoms with Gasteiger partial charge in [-0.25, -0.2) is 14.6 Å². The smallest absolute Gasteiger partial charge is 0.363 e. The molecule has 8 heteroatoms. The summed E-state index contributed by atoms with van der Waals surface area (Å²) in [5, 5.41) is 0. The summed E-state index contributed by atoms with van der Waals surface area (Å²) in [6.45, 7) is 3.41. The number of aliphatic imine (C=N–C) groups is 1. The summed E-state index contributed by atoms with van der Waals surface area (Å²) in [5.74, 6) is 0.221. The van der Waals surface area contributed by atoms with Crippen molar-refractivity contribution in [1.82, 2.24) is 0 Å². The van der Waals surface area contributed by atoms with Gasteiger partial charge in [0.25, 0.3) is 0 Å². The first-order chi connectivity index (χ1) is 11.4. The first-order valence-corrected chi connectivity index (χ1v) is 8.17. The van der Waals surface area contributed by atoms with Crippen molar-refractivity contribution in [3.05, 3.63) is 27.0 Å². The third-order valence-electron chi connectivity index (χ3n) is 2.92. The first kappa shape index (κ1) is 18.2. The van der Waals surface area contributed by atoms with Crippen LogP contribution in [0.1, 0.15) is 19.4 Å². The number of carbonyl (C=O) groups excluding carboxylic acids is 2. The fourth-order valence-electron chi connectivity index (χ4n) is 1.97. The summed E-state index contributed by atoms with van der Waals surface area (Å²) in [5.41, 5.74) is 0.913. The Morgan fingerprint density at radius 3 is 2.75 bits per heavy atom.